The lowest BCUT2D eigenvalue weighted by Gasteiger charge is -2.15. The molecule has 0 unspecified atom stereocenters. The number of nitrogens with one attached hydrogen (secondary N) is 2. The van der Waals surface area contributed by atoms with Crippen molar-refractivity contribution in [1.29, 1.82) is 0 Å². The molecule has 0 aliphatic rings. The van der Waals surface area contributed by atoms with Crippen molar-refractivity contribution in [3.63, 3.8) is 0 Å². The van der Waals surface area contributed by atoms with Gasteiger partial charge in [-0.15, -0.1) is 4.83 Å². The van der Waals surface area contributed by atoms with E-state index in [2.05, 4.69) is 0 Å². The Morgan fingerprint density at radius 1 is 1.16 bits per heavy atom. The van der Waals surface area contributed by atoms with Crippen LogP contribution in [-0.4, -0.2) is 20.4 Å². The number of rotatable bonds is 6. The van der Waals surface area contributed by atoms with E-state index in [1.165, 1.54) is 43.3 Å². The number of para-hydroxylation sites is 1. The average molecular weight is 407 g/mol. The molecule has 2 rings (SSSR count). The van der Waals surface area contributed by atoms with Gasteiger partial charge in [0.15, 0.2) is 17.7 Å². The highest BCUT2D eigenvalue weighted by atomic mass is 35.5. The minimum atomic E-state index is -4.06. The smallest absolute Gasteiger partial charge is 0.275 e. The monoisotopic (exact) mass is 406 g/mol. The zero-order chi connectivity index (χ0) is 18.6. The van der Waals surface area contributed by atoms with Crippen LogP contribution >= 0.6 is 23.2 Å². The van der Waals surface area contributed by atoms with Crippen molar-refractivity contribution in [3.05, 3.63) is 58.3 Å². The maximum atomic E-state index is 13.5. The number of carbonyl (C=O) groups is 1. The maximum Gasteiger partial charge on any atom is 0.275 e. The number of carbonyl (C=O) groups excluding carboxylic acids is 1. The van der Waals surface area contributed by atoms with Gasteiger partial charge in [0.25, 0.3) is 15.9 Å². The van der Waals surface area contributed by atoms with Crippen LogP contribution in [0.4, 0.5) is 4.39 Å². The molecule has 0 bridgehead atoms. The fourth-order valence-electron chi connectivity index (χ4n) is 1.71. The van der Waals surface area contributed by atoms with Crippen molar-refractivity contribution < 1.29 is 22.3 Å². The molecule has 0 aliphatic carbocycles. The third-order valence-electron chi connectivity index (χ3n) is 3.02. The molecule has 2 aromatic rings. The quantitative estimate of drug-likeness (QED) is 0.722. The van der Waals surface area contributed by atoms with E-state index >= 15 is 0 Å². The highest BCUT2D eigenvalue weighted by Crippen LogP contribution is 2.24. The molecule has 0 radical (unpaired) electrons. The van der Waals surface area contributed by atoms with E-state index in [0.717, 1.165) is 6.07 Å². The molecule has 0 fully saturated rings. The van der Waals surface area contributed by atoms with Crippen molar-refractivity contribution >= 4 is 39.1 Å². The van der Waals surface area contributed by atoms with E-state index in [9.17, 15) is 17.6 Å². The lowest BCUT2D eigenvalue weighted by Crippen LogP contribution is -2.47. The molecule has 0 saturated heterocycles. The first-order valence-electron chi connectivity index (χ1n) is 6.88. The van der Waals surface area contributed by atoms with Gasteiger partial charge in [-0.1, -0.05) is 35.3 Å². The van der Waals surface area contributed by atoms with E-state index < -0.39 is 27.9 Å². The first-order valence-corrected chi connectivity index (χ1v) is 9.12. The van der Waals surface area contributed by atoms with E-state index in [-0.39, 0.29) is 20.7 Å². The average Bonchev–Trinajstić information content (AvgIpc) is 2.57. The SMILES string of the molecule is C[C@@H](Oc1ccccc1F)C(=O)NNS(=O)(=O)c1ccc(Cl)c(Cl)c1. The van der Waals surface area contributed by atoms with E-state index in [1.54, 1.807) is 0 Å². The molecule has 0 aromatic heterocycles. The van der Waals surface area contributed by atoms with Gasteiger partial charge in [-0.05, 0) is 37.3 Å². The van der Waals surface area contributed by atoms with Crippen LogP contribution in [0, 0.1) is 5.82 Å². The van der Waals surface area contributed by atoms with Gasteiger partial charge in [0, 0.05) is 0 Å². The van der Waals surface area contributed by atoms with Crippen LogP contribution in [0.2, 0.25) is 10.0 Å². The number of hydrazine groups is 1. The fourth-order valence-corrected chi connectivity index (χ4v) is 2.94. The topological polar surface area (TPSA) is 84.5 Å². The van der Waals surface area contributed by atoms with Gasteiger partial charge in [-0.3, -0.25) is 10.2 Å². The second-order valence-corrected chi connectivity index (χ2v) is 7.36. The molecule has 134 valence electrons. The fraction of sp³-hybridized carbons (Fsp3) is 0.133. The first-order chi connectivity index (χ1) is 11.7. The molecular weight excluding hydrogens is 394 g/mol. The predicted molar refractivity (Wildman–Crippen MR) is 91.4 cm³/mol. The molecule has 25 heavy (non-hydrogen) atoms. The Labute approximate surface area is 153 Å². The van der Waals surface area contributed by atoms with Gasteiger partial charge in [0.1, 0.15) is 0 Å². The third kappa shape index (κ3) is 5.05. The molecule has 2 N–H and O–H groups in total. The lowest BCUT2D eigenvalue weighted by molar-refractivity contribution is -0.127. The summed E-state index contributed by atoms with van der Waals surface area (Å²) in [7, 11) is -4.06. The van der Waals surface area contributed by atoms with Crippen LogP contribution in [0.5, 0.6) is 5.75 Å². The standard InChI is InChI=1S/C15H13Cl2FN2O4S/c1-9(24-14-5-3-2-4-13(14)18)15(21)19-20-25(22,23)10-6-7-11(16)12(17)8-10/h2-9,20H,1H3,(H,19,21)/t9-/m1/s1. The van der Waals surface area contributed by atoms with Gasteiger partial charge in [-0.2, -0.15) is 0 Å². The second kappa shape index (κ2) is 8.01. The molecule has 6 nitrogen and oxygen atoms in total. The summed E-state index contributed by atoms with van der Waals surface area (Å²) in [5.74, 6) is -1.58. The van der Waals surface area contributed by atoms with Crippen LogP contribution < -0.4 is 15.0 Å². The summed E-state index contributed by atoms with van der Waals surface area (Å²) < 4.78 is 42.9. The minimum absolute atomic E-state index is 0.0483. The Bertz CT molecular complexity index is 893. The highest BCUT2D eigenvalue weighted by molar-refractivity contribution is 7.89. The van der Waals surface area contributed by atoms with Gasteiger partial charge >= 0.3 is 0 Å². The van der Waals surface area contributed by atoms with Gasteiger partial charge in [0.2, 0.25) is 0 Å². The van der Waals surface area contributed by atoms with Gasteiger partial charge in [0.05, 0.1) is 14.9 Å². The zero-order valence-electron chi connectivity index (χ0n) is 12.8. The van der Waals surface area contributed by atoms with Crippen LogP contribution in [-0.2, 0) is 14.8 Å². The molecule has 1 atom stereocenters. The van der Waals surface area contributed by atoms with Crippen molar-refractivity contribution in [3.8, 4) is 5.75 Å². The van der Waals surface area contributed by atoms with E-state index in [4.69, 9.17) is 27.9 Å². The first kappa shape index (κ1) is 19.5. The zero-order valence-corrected chi connectivity index (χ0v) is 15.1. The summed E-state index contributed by atoms with van der Waals surface area (Å²) in [6.45, 7) is 1.34. The number of benzene rings is 2. The lowest BCUT2D eigenvalue weighted by atomic mass is 10.3. The molecule has 0 heterocycles. The number of halogens is 3. The van der Waals surface area contributed by atoms with E-state index in [1.807, 2.05) is 10.3 Å². The normalized spacial score (nSPS) is 12.5. The highest BCUT2D eigenvalue weighted by Gasteiger charge is 2.20. The predicted octanol–water partition coefficient (Wildman–Crippen LogP) is 2.91. The maximum absolute atomic E-state index is 13.5. The molecule has 10 heteroatoms. The Kier molecular flexibility index (Phi) is 6.23. The molecular formula is C15H13Cl2FN2O4S. The van der Waals surface area contributed by atoms with Crippen molar-refractivity contribution in [2.45, 2.75) is 17.9 Å². The summed E-state index contributed by atoms with van der Waals surface area (Å²) in [4.78, 5) is 13.6. The summed E-state index contributed by atoms with van der Waals surface area (Å²) >= 11 is 11.5. The summed E-state index contributed by atoms with van der Waals surface area (Å²) in [6, 6.07) is 9.20. The third-order valence-corrected chi connectivity index (χ3v) is 5.00. The number of hydrogen-bond acceptors (Lipinski definition) is 4. The minimum Gasteiger partial charge on any atom is -0.478 e. The summed E-state index contributed by atoms with van der Waals surface area (Å²) in [5, 5.41) is 0.240. The molecule has 1 amide bonds. The van der Waals surface area contributed by atoms with Crippen molar-refractivity contribution in [2.24, 2.45) is 0 Å². The van der Waals surface area contributed by atoms with Crippen LogP contribution in [0.25, 0.3) is 0 Å². The number of sulfonamides is 1. The second-order valence-electron chi connectivity index (χ2n) is 4.86. The largest absolute Gasteiger partial charge is 0.478 e. The molecule has 2 aromatic carbocycles. The Morgan fingerprint density at radius 3 is 2.48 bits per heavy atom. The Balaban J connectivity index is 2.00. The van der Waals surface area contributed by atoms with Crippen molar-refractivity contribution in [2.75, 3.05) is 0 Å². The van der Waals surface area contributed by atoms with Crippen LogP contribution in [0.1, 0.15) is 6.92 Å². The van der Waals surface area contributed by atoms with Gasteiger partial charge in [-0.25, -0.2) is 12.8 Å². The van der Waals surface area contributed by atoms with Crippen LogP contribution in [0.15, 0.2) is 47.4 Å². The van der Waals surface area contributed by atoms with Crippen molar-refractivity contribution in [1.82, 2.24) is 10.3 Å². The molecule has 0 aliphatic heterocycles. The van der Waals surface area contributed by atoms with E-state index in [0.29, 0.717) is 0 Å². The number of amides is 1. The molecule has 0 saturated carbocycles. The summed E-state index contributed by atoms with van der Waals surface area (Å²) in [5.41, 5.74) is 1.99. The molecule has 0 spiro atoms. The van der Waals surface area contributed by atoms with Crippen LogP contribution in [0.3, 0.4) is 0 Å². The Morgan fingerprint density at radius 2 is 1.84 bits per heavy atom. The summed E-state index contributed by atoms with van der Waals surface area (Å²) in [6.07, 6.45) is -1.14. The Hall–Kier alpha value is -1.87. The van der Waals surface area contributed by atoms with Gasteiger partial charge < -0.3 is 4.74 Å². The number of ether oxygens (including phenoxy) is 1. The number of hydrogen-bond donors (Lipinski definition) is 2.